The van der Waals surface area contributed by atoms with E-state index in [2.05, 4.69) is 17.0 Å². The van der Waals surface area contributed by atoms with Gasteiger partial charge in [0.25, 0.3) is 10.1 Å². The number of nitrogen functional groups attached to an aromatic ring is 1. The molecule has 0 bridgehead atoms. The van der Waals surface area contributed by atoms with Crippen molar-refractivity contribution in [3.05, 3.63) is 108 Å². The van der Waals surface area contributed by atoms with Crippen molar-refractivity contribution >= 4 is 15.8 Å². The second-order valence-electron chi connectivity index (χ2n) is 10.7. The first-order chi connectivity index (χ1) is 21.1. The van der Waals surface area contributed by atoms with Crippen LogP contribution in [0.1, 0.15) is 29.9 Å². The molecule has 0 radical (unpaired) electrons. The molecule has 44 heavy (non-hydrogen) atoms. The fourth-order valence-corrected chi connectivity index (χ4v) is 5.41. The molecule has 1 aliphatic rings. The van der Waals surface area contributed by atoms with Crippen molar-refractivity contribution < 1.29 is 32.3 Å². The van der Waals surface area contributed by atoms with E-state index in [4.69, 9.17) is 24.5 Å². The highest BCUT2D eigenvalue weighted by atomic mass is 32.2. The number of anilines is 1. The summed E-state index contributed by atoms with van der Waals surface area (Å²) >= 11 is 0. The summed E-state index contributed by atoms with van der Waals surface area (Å²) in [6.45, 7) is 4.52. The molecule has 4 N–H and O–H groups in total. The summed E-state index contributed by atoms with van der Waals surface area (Å²) in [4.78, 5) is 2.23. The molecule has 1 aliphatic heterocycles. The van der Waals surface area contributed by atoms with Gasteiger partial charge in [-0.3, -0.25) is 4.55 Å². The molecule has 0 aliphatic carbocycles. The number of rotatable bonds is 10. The molecule has 1 heterocycles. The number of likely N-dealkylation sites (tertiary alicyclic amines) is 1. The van der Waals surface area contributed by atoms with Crippen LogP contribution in [0.3, 0.4) is 0 Å². The van der Waals surface area contributed by atoms with Crippen LogP contribution >= 0.6 is 0 Å². The number of hydrogen-bond acceptors (Lipinski definition) is 8. The zero-order chi connectivity index (χ0) is 31.5. The van der Waals surface area contributed by atoms with Crippen molar-refractivity contribution in [1.29, 1.82) is 0 Å². The van der Waals surface area contributed by atoms with Crippen molar-refractivity contribution in [1.82, 2.24) is 4.90 Å². The highest BCUT2D eigenvalue weighted by Gasteiger charge is 2.23. The van der Waals surface area contributed by atoms with Crippen LogP contribution in [0.4, 0.5) is 5.69 Å². The number of piperidine rings is 1. The molecular formula is C34H40N2O7S. The van der Waals surface area contributed by atoms with Crippen LogP contribution in [-0.2, 0) is 10.1 Å². The van der Waals surface area contributed by atoms with Crippen molar-refractivity contribution in [2.45, 2.75) is 36.7 Å². The van der Waals surface area contributed by atoms with Crippen LogP contribution in [0.2, 0.25) is 0 Å². The Morgan fingerprint density at radius 1 is 0.886 bits per heavy atom. The van der Waals surface area contributed by atoms with Crippen LogP contribution < -0.4 is 19.9 Å². The number of aliphatic hydroxyl groups excluding tert-OH is 1. The Kier molecular flexibility index (Phi) is 11.6. The summed E-state index contributed by atoms with van der Waals surface area (Å²) in [7, 11) is -2.43. The van der Waals surface area contributed by atoms with Gasteiger partial charge < -0.3 is 30.0 Å². The minimum atomic E-state index is -4.02. The SMILES string of the molecule is COc1ccc(N)cc1OC[C@@H](O)CN1CCC(c2ccc(Oc3ccccc3)cc2)CC1.Cc1ccc(S(=O)(=O)O)cc1. The monoisotopic (exact) mass is 620 g/mol. The predicted octanol–water partition coefficient (Wildman–Crippen LogP) is 5.93. The lowest BCUT2D eigenvalue weighted by Crippen LogP contribution is -2.40. The summed E-state index contributed by atoms with van der Waals surface area (Å²) in [5.74, 6) is 3.38. The maximum Gasteiger partial charge on any atom is 0.294 e. The lowest BCUT2D eigenvalue weighted by molar-refractivity contribution is 0.0586. The smallest absolute Gasteiger partial charge is 0.294 e. The Bertz CT molecular complexity index is 1560. The number of β-amino-alcohol motifs (C(OH)–C–C–N with tert-alkyl or cyclic N) is 1. The standard InChI is InChI=1S/C27H32N2O4.C7H8O3S/c1-31-26-12-9-22(28)17-27(26)32-19-23(30)18-29-15-13-21(14-16-29)20-7-10-25(11-8-20)33-24-5-3-2-4-6-24;1-6-2-4-7(5-3-6)11(8,9)10/h2-12,17,21,23,30H,13-16,18-19,28H2,1H3;2-5H,1H3,(H,8,9,10)/t23-;/m0./s1. The average Bonchev–Trinajstić information content (AvgIpc) is 3.01. The fourth-order valence-electron chi connectivity index (χ4n) is 4.93. The topological polar surface area (TPSA) is 132 Å². The fraction of sp³-hybridized carbons (Fsp3) is 0.294. The van der Waals surface area contributed by atoms with Crippen molar-refractivity contribution in [2.24, 2.45) is 0 Å². The van der Waals surface area contributed by atoms with Gasteiger partial charge in [0.05, 0.1) is 12.0 Å². The summed E-state index contributed by atoms with van der Waals surface area (Å²) < 4.78 is 46.5. The van der Waals surface area contributed by atoms with Crippen LogP contribution in [0.25, 0.3) is 0 Å². The van der Waals surface area contributed by atoms with Gasteiger partial charge in [0.15, 0.2) is 11.5 Å². The van der Waals surface area contributed by atoms with Gasteiger partial charge in [-0.1, -0.05) is 48.0 Å². The van der Waals surface area contributed by atoms with Gasteiger partial charge in [0.1, 0.15) is 24.2 Å². The molecule has 0 saturated carbocycles. The maximum absolute atomic E-state index is 10.5. The normalized spacial score (nSPS) is 14.6. The molecule has 4 aromatic rings. The highest BCUT2D eigenvalue weighted by Crippen LogP contribution is 2.31. The predicted molar refractivity (Wildman–Crippen MR) is 171 cm³/mol. The number of nitrogens with zero attached hydrogens (tertiary/aromatic N) is 1. The maximum atomic E-state index is 10.5. The van der Waals surface area contributed by atoms with E-state index < -0.39 is 16.2 Å². The number of para-hydroxylation sites is 1. The largest absolute Gasteiger partial charge is 0.493 e. The average molecular weight is 621 g/mol. The third-order valence-corrected chi connectivity index (χ3v) is 8.19. The van der Waals surface area contributed by atoms with Gasteiger partial charge in [-0.25, -0.2) is 0 Å². The Balaban J connectivity index is 0.000000339. The summed E-state index contributed by atoms with van der Waals surface area (Å²) in [5.41, 5.74) is 8.72. The third kappa shape index (κ3) is 9.99. The molecule has 234 valence electrons. The van der Waals surface area contributed by atoms with E-state index >= 15 is 0 Å². The number of aliphatic hydroxyl groups is 1. The van der Waals surface area contributed by atoms with E-state index in [1.165, 1.54) is 17.7 Å². The molecule has 1 atom stereocenters. The Morgan fingerprint density at radius 3 is 2.14 bits per heavy atom. The summed E-state index contributed by atoms with van der Waals surface area (Å²) in [6, 6.07) is 29.5. The lowest BCUT2D eigenvalue weighted by Gasteiger charge is -2.33. The molecule has 10 heteroatoms. The number of methoxy groups -OCH3 is 1. The Morgan fingerprint density at radius 2 is 1.52 bits per heavy atom. The quantitative estimate of drug-likeness (QED) is 0.146. The number of ether oxygens (including phenoxy) is 3. The van der Waals surface area contributed by atoms with Crippen molar-refractivity contribution in [3.63, 3.8) is 0 Å². The van der Waals surface area contributed by atoms with Gasteiger partial charge in [0, 0.05) is 18.3 Å². The molecule has 0 aromatic heterocycles. The summed E-state index contributed by atoms with van der Waals surface area (Å²) in [5, 5.41) is 10.5. The molecule has 0 unspecified atom stereocenters. The van der Waals surface area contributed by atoms with E-state index in [0.29, 0.717) is 29.6 Å². The van der Waals surface area contributed by atoms with Gasteiger partial charge in [-0.05, 0) is 92.9 Å². The Labute approximate surface area is 259 Å². The van der Waals surface area contributed by atoms with Gasteiger partial charge in [-0.15, -0.1) is 0 Å². The molecule has 1 fully saturated rings. The molecule has 4 aromatic carbocycles. The highest BCUT2D eigenvalue weighted by molar-refractivity contribution is 7.85. The van der Waals surface area contributed by atoms with Gasteiger partial charge >= 0.3 is 0 Å². The van der Waals surface area contributed by atoms with Crippen molar-refractivity contribution in [3.8, 4) is 23.0 Å². The van der Waals surface area contributed by atoms with Gasteiger partial charge in [-0.2, -0.15) is 8.42 Å². The van der Waals surface area contributed by atoms with E-state index in [-0.39, 0.29) is 11.5 Å². The van der Waals surface area contributed by atoms with Crippen LogP contribution in [0.5, 0.6) is 23.0 Å². The number of benzene rings is 4. The third-order valence-electron chi connectivity index (χ3n) is 7.32. The first-order valence-corrected chi connectivity index (χ1v) is 15.9. The number of hydrogen-bond donors (Lipinski definition) is 3. The Hall–Kier alpha value is -4.09. The van der Waals surface area contributed by atoms with Crippen LogP contribution in [-0.4, -0.2) is 62.4 Å². The molecule has 9 nitrogen and oxygen atoms in total. The van der Waals surface area contributed by atoms with E-state index in [1.54, 1.807) is 37.4 Å². The van der Waals surface area contributed by atoms with Crippen molar-refractivity contribution in [2.75, 3.05) is 39.1 Å². The molecule has 5 rings (SSSR count). The number of aryl methyl sites for hydroxylation is 1. The lowest BCUT2D eigenvalue weighted by atomic mass is 9.89. The molecular weight excluding hydrogens is 580 g/mol. The zero-order valence-corrected chi connectivity index (χ0v) is 25.8. The first-order valence-electron chi connectivity index (χ1n) is 14.4. The second-order valence-corrected chi connectivity index (χ2v) is 12.1. The minimum Gasteiger partial charge on any atom is -0.493 e. The molecule has 0 spiro atoms. The zero-order valence-electron chi connectivity index (χ0n) is 25.0. The van der Waals surface area contributed by atoms with Crippen LogP contribution in [0, 0.1) is 6.92 Å². The minimum absolute atomic E-state index is 0.0666. The summed E-state index contributed by atoms with van der Waals surface area (Å²) in [6.07, 6.45) is 1.55. The van der Waals surface area contributed by atoms with Crippen LogP contribution in [0.15, 0.2) is 102 Å². The number of nitrogens with two attached hydrogens (primary N) is 1. The van der Waals surface area contributed by atoms with E-state index in [9.17, 15) is 13.5 Å². The van der Waals surface area contributed by atoms with E-state index in [0.717, 1.165) is 43.0 Å². The molecule has 1 saturated heterocycles. The van der Waals surface area contributed by atoms with E-state index in [1.807, 2.05) is 49.4 Å². The van der Waals surface area contributed by atoms with Gasteiger partial charge in [0.2, 0.25) is 0 Å². The molecule has 0 amide bonds. The second kappa shape index (κ2) is 15.6. The first kappa shape index (κ1) is 32.8.